The molecule has 152 valence electrons. The Hall–Kier alpha value is -3.29. The van der Waals surface area contributed by atoms with Crippen LogP contribution < -0.4 is 4.74 Å². The highest BCUT2D eigenvalue weighted by molar-refractivity contribution is 6.30. The number of halogens is 1. The van der Waals surface area contributed by atoms with E-state index in [4.69, 9.17) is 26.3 Å². The molecule has 0 N–H and O–H groups in total. The van der Waals surface area contributed by atoms with Crippen LogP contribution in [0.3, 0.4) is 0 Å². The number of para-hydroxylation sites is 1. The van der Waals surface area contributed by atoms with Gasteiger partial charge in [-0.05, 0) is 59.9 Å². The van der Waals surface area contributed by atoms with Crippen molar-refractivity contribution in [2.24, 2.45) is 5.92 Å². The minimum absolute atomic E-state index is 0.125. The van der Waals surface area contributed by atoms with Crippen molar-refractivity contribution < 1.29 is 14.3 Å². The minimum atomic E-state index is -1.03. The van der Waals surface area contributed by atoms with E-state index in [0.717, 1.165) is 16.9 Å². The number of esters is 1. The second-order valence-electron chi connectivity index (χ2n) is 7.35. The number of hydrogen-bond acceptors (Lipinski definition) is 4. The van der Waals surface area contributed by atoms with Gasteiger partial charge in [0, 0.05) is 5.02 Å². The van der Waals surface area contributed by atoms with Gasteiger partial charge in [0.1, 0.15) is 16.9 Å². The molecule has 0 spiro atoms. The molecule has 4 nitrogen and oxygen atoms in total. The van der Waals surface area contributed by atoms with Crippen LogP contribution in [0.4, 0.5) is 0 Å². The molecule has 0 aliphatic heterocycles. The predicted molar refractivity (Wildman–Crippen MR) is 116 cm³/mol. The zero-order chi connectivity index (χ0) is 21.6. The summed E-state index contributed by atoms with van der Waals surface area (Å²) in [6.07, 6.45) is 1.91. The molecule has 1 unspecified atom stereocenters. The van der Waals surface area contributed by atoms with E-state index in [1.54, 1.807) is 12.1 Å². The van der Waals surface area contributed by atoms with Crippen LogP contribution in [0.15, 0.2) is 78.9 Å². The van der Waals surface area contributed by atoms with Crippen LogP contribution in [0.5, 0.6) is 11.5 Å². The Balaban J connectivity index is 1.93. The van der Waals surface area contributed by atoms with E-state index in [9.17, 15) is 4.79 Å². The number of hydrogen-bond donors (Lipinski definition) is 0. The first-order valence-electron chi connectivity index (χ1n) is 9.64. The van der Waals surface area contributed by atoms with E-state index in [1.807, 2.05) is 80.6 Å². The van der Waals surface area contributed by atoms with Gasteiger partial charge in [0.25, 0.3) is 6.26 Å². The molecular formula is C25H22ClNO3. The molecule has 0 radical (unpaired) electrons. The summed E-state index contributed by atoms with van der Waals surface area (Å²) in [5, 5.41) is 9.56. The number of nitrogens with zero attached hydrogens (tertiary/aromatic N) is 1. The lowest BCUT2D eigenvalue weighted by molar-refractivity contribution is -0.145. The van der Waals surface area contributed by atoms with Crippen molar-refractivity contribution in [2.75, 3.05) is 0 Å². The van der Waals surface area contributed by atoms with E-state index in [2.05, 4.69) is 0 Å². The summed E-state index contributed by atoms with van der Waals surface area (Å²) >= 11 is 6.04. The van der Waals surface area contributed by atoms with Crippen molar-refractivity contribution in [3.05, 3.63) is 95.0 Å². The molecule has 3 aromatic carbocycles. The Morgan fingerprint density at radius 2 is 1.57 bits per heavy atom. The number of nitriles is 1. The van der Waals surface area contributed by atoms with E-state index >= 15 is 0 Å². The largest absolute Gasteiger partial charge is 0.457 e. The summed E-state index contributed by atoms with van der Waals surface area (Å²) in [5.74, 6) is 0.749. The quantitative estimate of drug-likeness (QED) is 0.333. The lowest BCUT2D eigenvalue weighted by atomic mass is 9.68. The number of carbonyl (C=O) groups is 1. The third-order valence-electron chi connectivity index (χ3n) is 5.23. The van der Waals surface area contributed by atoms with Crippen LogP contribution in [0.2, 0.25) is 5.02 Å². The fourth-order valence-electron chi connectivity index (χ4n) is 3.57. The van der Waals surface area contributed by atoms with Gasteiger partial charge in [0.2, 0.25) is 0 Å². The highest BCUT2D eigenvalue weighted by Crippen LogP contribution is 2.38. The molecule has 1 atom stereocenters. The molecule has 0 heterocycles. The Kier molecular flexibility index (Phi) is 6.76. The maximum atomic E-state index is 13.0. The zero-order valence-corrected chi connectivity index (χ0v) is 17.6. The predicted octanol–water partition coefficient (Wildman–Crippen LogP) is 6.29. The molecule has 0 bridgehead atoms. The van der Waals surface area contributed by atoms with E-state index < -0.39 is 11.4 Å². The molecule has 5 heteroatoms. The van der Waals surface area contributed by atoms with Gasteiger partial charge in [-0.15, -0.1) is 5.26 Å². The van der Waals surface area contributed by atoms with Gasteiger partial charge in [-0.2, -0.15) is 0 Å². The minimum Gasteiger partial charge on any atom is -0.457 e. The number of carbonyl (C=O) groups excluding carboxylic acids is 1. The Morgan fingerprint density at radius 1 is 0.967 bits per heavy atom. The molecule has 0 amide bonds. The Labute approximate surface area is 181 Å². The zero-order valence-electron chi connectivity index (χ0n) is 16.8. The third-order valence-corrected chi connectivity index (χ3v) is 5.48. The van der Waals surface area contributed by atoms with Crippen LogP contribution in [-0.2, 0) is 21.4 Å². The number of benzene rings is 3. The standard InChI is InChI=1S/C25H22ClNO3/c1-18(2)25(24(28)29-17-27,20-10-12-21(26)13-11-20)16-19-8-14-23(15-9-19)30-22-6-4-3-5-7-22/h3-15,18H,16H2,1-2H3. The topological polar surface area (TPSA) is 59.3 Å². The summed E-state index contributed by atoms with van der Waals surface area (Å²) in [7, 11) is 0. The molecule has 30 heavy (non-hydrogen) atoms. The molecule has 0 aromatic heterocycles. The van der Waals surface area contributed by atoms with Gasteiger partial charge in [-0.3, -0.25) is 0 Å². The monoisotopic (exact) mass is 419 g/mol. The Morgan fingerprint density at radius 3 is 2.13 bits per heavy atom. The number of rotatable bonds is 7. The van der Waals surface area contributed by atoms with Crippen molar-refractivity contribution in [3.63, 3.8) is 0 Å². The molecule has 0 saturated heterocycles. The smallest absolute Gasteiger partial charge is 0.332 e. The van der Waals surface area contributed by atoms with Crippen molar-refractivity contribution in [1.82, 2.24) is 0 Å². The van der Waals surface area contributed by atoms with E-state index in [1.165, 1.54) is 6.26 Å². The summed E-state index contributed by atoms with van der Waals surface area (Å²) in [5.41, 5.74) is 0.656. The van der Waals surface area contributed by atoms with Gasteiger partial charge in [-0.1, -0.05) is 67.9 Å². The van der Waals surface area contributed by atoms with Crippen LogP contribution in [-0.4, -0.2) is 5.97 Å². The first-order chi connectivity index (χ1) is 14.5. The molecule has 3 rings (SSSR count). The van der Waals surface area contributed by atoms with Crippen LogP contribution in [0.1, 0.15) is 25.0 Å². The van der Waals surface area contributed by atoms with E-state index in [0.29, 0.717) is 17.2 Å². The second kappa shape index (κ2) is 9.47. The van der Waals surface area contributed by atoms with Gasteiger partial charge in [0.15, 0.2) is 0 Å². The average Bonchev–Trinajstić information content (AvgIpc) is 2.74. The van der Waals surface area contributed by atoms with Crippen molar-refractivity contribution >= 4 is 17.6 Å². The summed E-state index contributed by atoms with van der Waals surface area (Å²) < 4.78 is 10.7. The average molecular weight is 420 g/mol. The maximum Gasteiger partial charge on any atom is 0.332 e. The van der Waals surface area contributed by atoms with Gasteiger partial charge in [-0.25, -0.2) is 4.79 Å². The fraction of sp³-hybridized carbons (Fsp3) is 0.200. The summed E-state index contributed by atoms with van der Waals surface area (Å²) in [6.45, 7) is 3.89. The molecule has 3 aromatic rings. The highest BCUT2D eigenvalue weighted by atomic mass is 35.5. The van der Waals surface area contributed by atoms with Gasteiger partial charge < -0.3 is 9.47 Å². The summed E-state index contributed by atoms with van der Waals surface area (Å²) in [4.78, 5) is 13.0. The van der Waals surface area contributed by atoms with Gasteiger partial charge >= 0.3 is 5.97 Å². The summed E-state index contributed by atoms with van der Waals surface area (Å²) in [6, 6.07) is 24.2. The van der Waals surface area contributed by atoms with Crippen LogP contribution in [0, 0.1) is 17.4 Å². The second-order valence-corrected chi connectivity index (χ2v) is 7.79. The highest BCUT2D eigenvalue weighted by Gasteiger charge is 2.45. The lowest BCUT2D eigenvalue weighted by Crippen LogP contribution is -2.44. The maximum absolute atomic E-state index is 13.0. The molecular weight excluding hydrogens is 398 g/mol. The van der Waals surface area contributed by atoms with Crippen molar-refractivity contribution in [2.45, 2.75) is 25.7 Å². The van der Waals surface area contributed by atoms with Crippen molar-refractivity contribution in [1.29, 1.82) is 5.26 Å². The molecule has 0 saturated carbocycles. The number of ether oxygens (including phenoxy) is 2. The third kappa shape index (κ3) is 4.64. The molecule has 0 fully saturated rings. The lowest BCUT2D eigenvalue weighted by Gasteiger charge is -2.35. The molecule has 0 aliphatic rings. The first kappa shape index (κ1) is 21.4. The van der Waals surface area contributed by atoms with Gasteiger partial charge in [0.05, 0.1) is 0 Å². The first-order valence-corrected chi connectivity index (χ1v) is 10.0. The normalized spacial score (nSPS) is 12.6. The van der Waals surface area contributed by atoms with Crippen LogP contribution >= 0.6 is 11.6 Å². The van der Waals surface area contributed by atoms with E-state index in [-0.39, 0.29) is 5.92 Å². The fourth-order valence-corrected chi connectivity index (χ4v) is 3.69. The molecule has 0 aliphatic carbocycles. The van der Waals surface area contributed by atoms with Crippen molar-refractivity contribution in [3.8, 4) is 17.8 Å². The van der Waals surface area contributed by atoms with Crippen LogP contribution in [0.25, 0.3) is 0 Å². The SMILES string of the molecule is CC(C)C(Cc1ccc(Oc2ccccc2)cc1)(C(=O)OC#N)c1ccc(Cl)cc1. The Bertz CT molecular complexity index is 1020.